The van der Waals surface area contributed by atoms with Crippen LogP contribution in [0.3, 0.4) is 0 Å². The third kappa shape index (κ3) is 4.82. The highest BCUT2D eigenvalue weighted by molar-refractivity contribution is 7.89. The van der Waals surface area contributed by atoms with E-state index >= 15 is 0 Å². The van der Waals surface area contributed by atoms with Crippen LogP contribution in [0.4, 0.5) is 17.1 Å². The maximum atomic E-state index is 13.2. The molecule has 0 unspecified atom stereocenters. The Kier molecular flexibility index (Phi) is 6.37. The van der Waals surface area contributed by atoms with Crippen molar-refractivity contribution in [3.63, 3.8) is 0 Å². The smallest absolute Gasteiger partial charge is 0.287 e. The number of primary sulfonamides is 1. The molecule has 0 saturated heterocycles. The number of anilines is 3. The first-order chi connectivity index (χ1) is 18.7. The summed E-state index contributed by atoms with van der Waals surface area (Å²) < 4.78 is 22.7. The zero-order valence-corrected chi connectivity index (χ0v) is 20.8. The van der Waals surface area contributed by atoms with Crippen LogP contribution in [0.5, 0.6) is 0 Å². The Morgan fingerprint density at radius 3 is 1.95 bits per heavy atom. The van der Waals surface area contributed by atoms with Gasteiger partial charge in [-0.1, -0.05) is 24.3 Å². The van der Waals surface area contributed by atoms with Crippen molar-refractivity contribution in [3.05, 3.63) is 96.1 Å². The van der Waals surface area contributed by atoms with Crippen LogP contribution in [0.1, 0.15) is 20.7 Å². The van der Waals surface area contributed by atoms with Crippen LogP contribution < -0.4 is 20.8 Å². The number of nitrogens with zero attached hydrogens (tertiary/aromatic N) is 3. The van der Waals surface area contributed by atoms with E-state index in [9.17, 15) is 28.1 Å². The molecule has 0 aromatic heterocycles. The van der Waals surface area contributed by atoms with Crippen molar-refractivity contribution in [2.45, 2.75) is 4.90 Å². The molecule has 0 saturated carbocycles. The van der Waals surface area contributed by atoms with Gasteiger partial charge in [0.2, 0.25) is 15.7 Å². The van der Waals surface area contributed by atoms with E-state index in [2.05, 4.69) is 15.8 Å². The molecule has 4 aromatic rings. The van der Waals surface area contributed by atoms with Gasteiger partial charge >= 0.3 is 0 Å². The fourth-order valence-corrected chi connectivity index (χ4v) is 4.63. The van der Waals surface area contributed by atoms with Gasteiger partial charge in [-0.2, -0.15) is 10.4 Å². The highest BCUT2D eigenvalue weighted by Crippen LogP contribution is 2.33. The van der Waals surface area contributed by atoms with Gasteiger partial charge in [0, 0.05) is 22.2 Å². The minimum Gasteiger partial charge on any atom is -0.320 e. The second kappa shape index (κ2) is 9.82. The molecule has 39 heavy (non-hydrogen) atoms. The van der Waals surface area contributed by atoms with E-state index in [4.69, 9.17) is 5.14 Å². The molecule has 1 aliphatic rings. The molecule has 12 heteroatoms. The first-order valence-corrected chi connectivity index (χ1v) is 12.9. The lowest BCUT2D eigenvalue weighted by molar-refractivity contribution is -0.110. The number of imide groups is 1. The second-order valence-corrected chi connectivity index (χ2v) is 9.97. The summed E-state index contributed by atoms with van der Waals surface area (Å²) in [5.41, 5.74) is 3.91. The van der Waals surface area contributed by atoms with Crippen molar-refractivity contribution in [3.8, 4) is 6.07 Å². The SMILES string of the molecule is N#C/C(=N\Nc1ccc(N2C(=O)c3cccc4cccc(c34)C2=O)cc1)C(=O)Nc1ccc(S(N)(=O)=O)cc1. The van der Waals surface area contributed by atoms with Gasteiger partial charge in [0.05, 0.1) is 16.3 Å². The Labute approximate surface area is 222 Å². The average Bonchev–Trinajstić information content (AvgIpc) is 2.92. The molecule has 1 aliphatic heterocycles. The van der Waals surface area contributed by atoms with E-state index in [1.165, 1.54) is 24.3 Å². The number of hydrogen-bond acceptors (Lipinski definition) is 8. The minimum absolute atomic E-state index is 0.131. The van der Waals surface area contributed by atoms with E-state index in [1.54, 1.807) is 54.6 Å². The molecule has 0 radical (unpaired) electrons. The normalized spacial score (nSPS) is 13.2. The van der Waals surface area contributed by atoms with Crippen LogP contribution in [0.25, 0.3) is 10.8 Å². The van der Waals surface area contributed by atoms with E-state index in [-0.39, 0.29) is 10.6 Å². The monoisotopic (exact) mass is 538 g/mol. The van der Waals surface area contributed by atoms with Crippen LogP contribution in [0.2, 0.25) is 0 Å². The molecule has 0 atom stereocenters. The van der Waals surface area contributed by atoms with Crippen LogP contribution in [0, 0.1) is 11.3 Å². The minimum atomic E-state index is -3.89. The van der Waals surface area contributed by atoms with E-state index in [0.717, 1.165) is 10.3 Å². The van der Waals surface area contributed by atoms with Crippen LogP contribution in [-0.4, -0.2) is 31.9 Å². The highest BCUT2D eigenvalue weighted by atomic mass is 32.2. The molecule has 0 aliphatic carbocycles. The summed E-state index contributed by atoms with van der Waals surface area (Å²) in [5, 5.41) is 22.1. The number of amides is 3. The maximum Gasteiger partial charge on any atom is 0.287 e. The number of carbonyl (C=O) groups excluding carboxylic acids is 3. The quantitative estimate of drug-likeness (QED) is 0.192. The number of hydrogen-bond donors (Lipinski definition) is 3. The van der Waals surface area contributed by atoms with E-state index < -0.39 is 33.5 Å². The Morgan fingerprint density at radius 2 is 1.41 bits per heavy atom. The largest absolute Gasteiger partial charge is 0.320 e. The summed E-state index contributed by atoms with van der Waals surface area (Å²) in [5.74, 6) is -1.71. The predicted octanol–water partition coefficient (Wildman–Crippen LogP) is 3.22. The fraction of sp³-hybridized carbons (Fsp3) is 0. The summed E-state index contributed by atoms with van der Waals surface area (Å²) in [6.45, 7) is 0. The molecule has 0 spiro atoms. The number of nitriles is 1. The summed E-state index contributed by atoms with van der Waals surface area (Å²) in [6.07, 6.45) is 0. The first-order valence-electron chi connectivity index (χ1n) is 11.4. The van der Waals surface area contributed by atoms with Crippen LogP contribution >= 0.6 is 0 Å². The molecular weight excluding hydrogens is 520 g/mol. The Bertz CT molecular complexity index is 1790. The van der Waals surface area contributed by atoms with Gasteiger partial charge in [0.25, 0.3) is 17.7 Å². The number of nitrogens with one attached hydrogen (secondary N) is 2. The van der Waals surface area contributed by atoms with Gasteiger partial charge in [0.1, 0.15) is 6.07 Å². The van der Waals surface area contributed by atoms with Crippen LogP contribution in [0.15, 0.2) is 94.9 Å². The number of rotatable bonds is 6. The summed E-state index contributed by atoms with van der Waals surface area (Å²) in [4.78, 5) is 39.8. The van der Waals surface area contributed by atoms with Gasteiger partial charge in [-0.05, 0) is 66.0 Å². The molecule has 3 amide bonds. The highest BCUT2D eigenvalue weighted by Gasteiger charge is 2.33. The van der Waals surface area contributed by atoms with E-state index in [1.807, 2.05) is 12.1 Å². The molecule has 192 valence electrons. The number of carbonyl (C=O) groups is 3. The Hall–Kier alpha value is -5.38. The molecule has 11 nitrogen and oxygen atoms in total. The van der Waals surface area contributed by atoms with Crippen molar-refractivity contribution < 1.29 is 22.8 Å². The third-order valence-corrected chi connectivity index (χ3v) is 6.88. The third-order valence-electron chi connectivity index (χ3n) is 5.96. The molecular formula is C27H18N6O5S. The molecule has 1 heterocycles. The summed E-state index contributed by atoms with van der Waals surface area (Å²) >= 11 is 0. The van der Waals surface area contributed by atoms with Crippen molar-refractivity contribution in [2.75, 3.05) is 15.6 Å². The fourth-order valence-electron chi connectivity index (χ4n) is 4.12. The summed E-state index contributed by atoms with van der Waals surface area (Å²) in [7, 11) is -3.89. The summed E-state index contributed by atoms with van der Waals surface area (Å²) in [6, 6.07) is 23.5. The number of nitrogens with two attached hydrogens (primary N) is 1. The van der Waals surface area contributed by atoms with Gasteiger partial charge in [-0.15, -0.1) is 0 Å². The number of sulfonamides is 1. The molecule has 5 rings (SSSR count). The van der Waals surface area contributed by atoms with Crippen LogP contribution in [-0.2, 0) is 14.8 Å². The number of hydrazone groups is 1. The standard InChI is InChI=1S/C27H18N6O5S/c28-15-23(25(34)30-17-9-13-20(14-10-17)39(29,37)38)32-31-18-7-11-19(12-8-18)33-26(35)21-5-1-3-16-4-2-6-22(24(16)21)27(33)36/h1-14,31H,(H,30,34)(H2,29,37,38)/b32-23+. The van der Waals surface area contributed by atoms with Gasteiger partial charge in [0.15, 0.2) is 0 Å². The predicted molar refractivity (Wildman–Crippen MR) is 145 cm³/mol. The Morgan fingerprint density at radius 1 is 0.846 bits per heavy atom. The maximum absolute atomic E-state index is 13.2. The molecule has 0 bridgehead atoms. The topological polar surface area (TPSA) is 175 Å². The van der Waals surface area contributed by atoms with Crippen molar-refractivity contribution >= 4 is 61.3 Å². The molecule has 0 fully saturated rings. The molecule has 4 N–H and O–H groups in total. The average molecular weight is 539 g/mol. The first kappa shape index (κ1) is 25.3. The zero-order valence-electron chi connectivity index (χ0n) is 20.0. The van der Waals surface area contributed by atoms with Crippen molar-refractivity contribution in [1.82, 2.24) is 0 Å². The van der Waals surface area contributed by atoms with E-state index in [0.29, 0.717) is 27.9 Å². The van der Waals surface area contributed by atoms with Crippen molar-refractivity contribution in [1.29, 1.82) is 5.26 Å². The van der Waals surface area contributed by atoms with Gasteiger partial charge in [-0.3, -0.25) is 19.8 Å². The lowest BCUT2D eigenvalue weighted by Crippen LogP contribution is -2.40. The lowest BCUT2D eigenvalue weighted by atomic mass is 9.94. The number of benzene rings is 4. The lowest BCUT2D eigenvalue weighted by Gasteiger charge is -2.27. The molecule has 4 aromatic carbocycles. The van der Waals surface area contributed by atoms with Gasteiger partial charge in [-0.25, -0.2) is 18.5 Å². The Balaban J connectivity index is 1.31. The van der Waals surface area contributed by atoms with Gasteiger partial charge < -0.3 is 5.32 Å². The zero-order chi connectivity index (χ0) is 27.7. The van der Waals surface area contributed by atoms with Crippen molar-refractivity contribution in [2.24, 2.45) is 10.2 Å². The second-order valence-electron chi connectivity index (χ2n) is 8.41.